The van der Waals surface area contributed by atoms with E-state index in [2.05, 4.69) is 10.3 Å². The van der Waals surface area contributed by atoms with Crippen LogP contribution in [0.25, 0.3) is 10.4 Å². The van der Waals surface area contributed by atoms with Gasteiger partial charge in [-0.3, -0.25) is 0 Å². The van der Waals surface area contributed by atoms with Crippen molar-refractivity contribution in [1.29, 1.82) is 0 Å². The van der Waals surface area contributed by atoms with E-state index >= 15 is 0 Å². The minimum Gasteiger partial charge on any atom is -0.308 e. The van der Waals surface area contributed by atoms with Gasteiger partial charge in [-0.25, -0.2) is 13.8 Å². The molecule has 1 aliphatic rings. The molecule has 1 heterocycles. The standard InChI is InChI=1S/C13H12F2N2S/c14-10-4-1-8(5-11(10)15)12-6-17-13(18-12)7-16-9-2-3-9/h1,4-6,9,16H,2-3,7H2. The third-order valence-electron chi connectivity index (χ3n) is 2.88. The molecule has 0 saturated heterocycles. The second kappa shape index (κ2) is 4.74. The Kier molecular flexibility index (Phi) is 3.09. The molecule has 1 aromatic carbocycles. The number of thiazole rings is 1. The summed E-state index contributed by atoms with van der Waals surface area (Å²) in [6.45, 7) is 0.749. The second-order valence-corrected chi connectivity index (χ2v) is 5.52. The Morgan fingerprint density at radius 2 is 2.11 bits per heavy atom. The topological polar surface area (TPSA) is 24.9 Å². The number of hydrogen-bond donors (Lipinski definition) is 1. The van der Waals surface area contributed by atoms with Gasteiger partial charge in [0.05, 0.1) is 4.88 Å². The lowest BCUT2D eigenvalue weighted by Gasteiger charge is -1.98. The average Bonchev–Trinajstić information content (AvgIpc) is 3.08. The Morgan fingerprint density at radius 1 is 1.28 bits per heavy atom. The zero-order valence-electron chi connectivity index (χ0n) is 9.62. The summed E-state index contributed by atoms with van der Waals surface area (Å²) in [5.41, 5.74) is 0.670. The van der Waals surface area contributed by atoms with E-state index in [4.69, 9.17) is 0 Å². The minimum absolute atomic E-state index is 0.639. The highest BCUT2D eigenvalue weighted by atomic mass is 32.1. The maximum Gasteiger partial charge on any atom is 0.159 e. The zero-order valence-corrected chi connectivity index (χ0v) is 10.4. The summed E-state index contributed by atoms with van der Waals surface area (Å²) in [7, 11) is 0. The van der Waals surface area contributed by atoms with Crippen molar-refractivity contribution in [3.05, 3.63) is 41.0 Å². The summed E-state index contributed by atoms with van der Waals surface area (Å²) < 4.78 is 26.0. The molecule has 0 spiro atoms. The monoisotopic (exact) mass is 266 g/mol. The maximum atomic E-state index is 13.1. The first-order valence-corrected chi connectivity index (χ1v) is 6.67. The lowest BCUT2D eigenvalue weighted by molar-refractivity contribution is 0.509. The van der Waals surface area contributed by atoms with E-state index in [0.29, 0.717) is 11.6 Å². The molecule has 5 heteroatoms. The molecule has 0 aliphatic heterocycles. The molecule has 0 amide bonds. The highest BCUT2D eigenvalue weighted by Crippen LogP contribution is 2.28. The number of aromatic nitrogens is 1. The van der Waals surface area contributed by atoms with E-state index in [1.807, 2.05) is 0 Å². The first-order chi connectivity index (χ1) is 8.72. The van der Waals surface area contributed by atoms with E-state index in [9.17, 15) is 8.78 Å². The van der Waals surface area contributed by atoms with Gasteiger partial charge in [0, 0.05) is 18.8 Å². The van der Waals surface area contributed by atoms with Gasteiger partial charge < -0.3 is 5.32 Å². The van der Waals surface area contributed by atoms with E-state index in [1.54, 1.807) is 12.3 Å². The smallest absolute Gasteiger partial charge is 0.159 e. The Morgan fingerprint density at radius 3 is 2.83 bits per heavy atom. The van der Waals surface area contributed by atoms with Crippen LogP contribution in [0.3, 0.4) is 0 Å². The van der Waals surface area contributed by atoms with Crippen molar-refractivity contribution < 1.29 is 8.78 Å². The van der Waals surface area contributed by atoms with Gasteiger partial charge >= 0.3 is 0 Å². The minimum atomic E-state index is -0.821. The number of nitrogens with zero attached hydrogens (tertiary/aromatic N) is 1. The van der Waals surface area contributed by atoms with Gasteiger partial charge in [0.25, 0.3) is 0 Å². The molecule has 1 aliphatic carbocycles. The number of benzene rings is 1. The Labute approximate surface area is 108 Å². The quantitative estimate of drug-likeness (QED) is 0.918. The summed E-state index contributed by atoms with van der Waals surface area (Å²) in [6, 6.07) is 4.57. The van der Waals surface area contributed by atoms with Crippen LogP contribution in [0.15, 0.2) is 24.4 Å². The van der Waals surface area contributed by atoms with Crippen LogP contribution in [-0.4, -0.2) is 11.0 Å². The molecule has 18 heavy (non-hydrogen) atoms. The molecular weight excluding hydrogens is 254 g/mol. The summed E-state index contributed by atoms with van der Waals surface area (Å²) in [5.74, 6) is -1.64. The zero-order chi connectivity index (χ0) is 12.5. The predicted octanol–water partition coefficient (Wildman–Crippen LogP) is 3.34. The lowest BCUT2D eigenvalue weighted by Crippen LogP contribution is -2.14. The van der Waals surface area contributed by atoms with Crippen LogP contribution in [0.5, 0.6) is 0 Å². The number of halogens is 2. The predicted molar refractivity (Wildman–Crippen MR) is 67.3 cm³/mol. The van der Waals surface area contributed by atoms with Crippen LogP contribution >= 0.6 is 11.3 Å². The van der Waals surface area contributed by atoms with Crippen LogP contribution < -0.4 is 5.32 Å². The third kappa shape index (κ3) is 2.57. The molecule has 1 aromatic heterocycles. The largest absolute Gasteiger partial charge is 0.308 e. The molecule has 1 fully saturated rings. The SMILES string of the molecule is Fc1ccc(-c2cnc(CNC3CC3)s2)cc1F. The fourth-order valence-corrected chi connectivity index (χ4v) is 2.56. The van der Waals surface area contributed by atoms with Gasteiger partial charge in [-0.2, -0.15) is 0 Å². The van der Waals surface area contributed by atoms with Crippen molar-refractivity contribution in [3.8, 4) is 10.4 Å². The molecule has 1 N–H and O–H groups in total. The highest BCUT2D eigenvalue weighted by Gasteiger charge is 2.20. The first kappa shape index (κ1) is 11.7. The Hall–Kier alpha value is -1.33. The van der Waals surface area contributed by atoms with E-state index in [-0.39, 0.29) is 0 Å². The normalized spacial score (nSPS) is 15.0. The van der Waals surface area contributed by atoms with Crippen LogP contribution in [0.4, 0.5) is 8.78 Å². The molecule has 3 rings (SSSR count). The van der Waals surface area contributed by atoms with Gasteiger partial charge in [0.1, 0.15) is 5.01 Å². The average molecular weight is 266 g/mol. The molecule has 0 radical (unpaired) electrons. The summed E-state index contributed by atoms with van der Waals surface area (Å²) >= 11 is 1.51. The number of rotatable bonds is 4. The molecule has 0 bridgehead atoms. The van der Waals surface area contributed by atoms with Crippen molar-refractivity contribution in [2.45, 2.75) is 25.4 Å². The summed E-state index contributed by atoms with van der Waals surface area (Å²) in [6.07, 6.45) is 4.18. The fraction of sp³-hybridized carbons (Fsp3) is 0.308. The maximum absolute atomic E-state index is 13.1. The van der Waals surface area contributed by atoms with Gasteiger partial charge in [-0.05, 0) is 30.5 Å². The van der Waals surface area contributed by atoms with Crippen molar-refractivity contribution in [3.63, 3.8) is 0 Å². The van der Waals surface area contributed by atoms with Gasteiger partial charge in [-0.15, -0.1) is 11.3 Å². The van der Waals surface area contributed by atoms with E-state index in [1.165, 1.54) is 30.2 Å². The third-order valence-corrected chi connectivity index (χ3v) is 3.92. The summed E-state index contributed by atoms with van der Waals surface area (Å²) in [4.78, 5) is 5.15. The summed E-state index contributed by atoms with van der Waals surface area (Å²) in [5, 5.41) is 4.35. The molecule has 1 saturated carbocycles. The van der Waals surface area contributed by atoms with Crippen molar-refractivity contribution in [2.75, 3.05) is 0 Å². The fourth-order valence-electron chi connectivity index (χ4n) is 1.69. The van der Waals surface area contributed by atoms with E-state index in [0.717, 1.165) is 22.5 Å². The van der Waals surface area contributed by atoms with Crippen LogP contribution in [-0.2, 0) is 6.54 Å². The van der Waals surface area contributed by atoms with Crippen LogP contribution in [0, 0.1) is 11.6 Å². The van der Waals surface area contributed by atoms with Gasteiger partial charge in [0.15, 0.2) is 11.6 Å². The second-order valence-electron chi connectivity index (χ2n) is 4.40. The number of nitrogens with one attached hydrogen (secondary N) is 1. The van der Waals surface area contributed by atoms with Crippen molar-refractivity contribution in [2.24, 2.45) is 0 Å². The molecule has 0 unspecified atom stereocenters. The highest BCUT2D eigenvalue weighted by molar-refractivity contribution is 7.15. The van der Waals surface area contributed by atoms with Crippen LogP contribution in [0.2, 0.25) is 0 Å². The van der Waals surface area contributed by atoms with Crippen molar-refractivity contribution in [1.82, 2.24) is 10.3 Å². The number of hydrogen-bond acceptors (Lipinski definition) is 3. The Balaban J connectivity index is 1.76. The molecule has 2 aromatic rings. The molecule has 2 nitrogen and oxygen atoms in total. The van der Waals surface area contributed by atoms with Gasteiger partial charge in [0.2, 0.25) is 0 Å². The first-order valence-electron chi connectivity index (χ1n) is 5.86. The van der Waals surface area contributed by atoms with Gasteiger partial charge in [-0.1, -0.05) is 6.07 Å². The van der Waals surface area contributed by atoms with E-state index < -0.39 is 11.6 Å². The lowest BCUT2D eigenvalue weighted by atomic mass is 10.2. The molecule has 94 valence electrons. The Bertz CT molecular complexity index is 564. The molecule has 0 atom stereocenters. The molecular formula is C13H12F2N2S. The van der Waals surface area contributed by atoms with Crippen LogP contribution in [0.1, 0.15) is 17.8 Å². The van der Waals surface area contributed by atoms with Crippen molar-refractivity contribution >= 4 is 11.3 Å².